The summed E-state index contributed by atoms with van der Waals surface area (Å²) in [7, 11) is 0. The van der Waals surface area contributed by atoms with E-state index < -0.39 is 11.9 Å². The van der Waals surface area contributed by atoms with Crippen LogP contribution in [0.2, 0.25) is 0 Å². The number of amides is 2. The number of nitrogens with two attached hydrogens (primary N) is 1. The van der Waals surface area contributed by atoms with Crippen LogP contribution in [0.4, 0.5) is 4.39 Å². The van der Waals surface area contributed by atoms with Gasteiger partial charge in [0.1, 0.15) is 11.6 Å². The zero-order valence-corrected chi connectivity index (χ0v) is 15.0. The Labute approximate surface area is 159 Å². The van der Waals surface area contributed by atoms with E-state index in [1.54, 1.807) is 30.3 Å². The van der Waals surface area contributed by atoms with Crippen molar-refractivity contribution in [2.45, 2.75) is 6.04 Å². The summed E-state index contributed by atoms with van der Waals surface area (Å²) in [5.74, 6) is -1.11. The molecule has 0 radical (unpaired) electrons. The highest BCUT2D eigenvalue weighted by Crippen LogP contribution is 2.26. The number of rotatable bonds is 7. The number of halogens is 1. The van der Waals surface area contributed by atoms with Gasteiger partial charge in [-0.05, 0) is 41.3 Å². The third-order valence-corrected chi connectivity index (χ3v) is 4.78. The third kappa shape index (κ3) is 4.71. The molecule has 0 aliphatic carbocycles. The number of nitrogens with one attached hydrogen (secondary N) is 1. The van der Waals surface area contributed by atoms with E-state index in [1.807, 2.05) is 17.5 Å². The first-order chi connectivity index (χ1) is 13.0. The molecular weight excluding hydrogens is 367 g/mol. The summed E-state index contributed by atoms with van der Waals surface area (Å²) in [6.45, 7) is -0.284. The summed E-state index contributed by atoms with van der Waals surface area (Å²) in [5.41, 5.74) is 6.27. The molecule has 0 spiro atoms. The van der Waals surface area contributed by atoms with Gasteiger partial charge in [-0.3, -0.25) is 9.59 Å². The zero-order chi connectivity index (χ0) is 19.2. The summed E-state index contributed by atoms with van der Waals surface area (Å²) >= 11 is 1.48. The first-order valence-electron chi connectivity index (χ1n) is 8.14. The van der Waals surface area contributed by atoms with Crippen molar-refractivity contribution in [2.24, 2.45) is 5.73 Å². The van der Waals surface area contributed by atoms with Crippen LogP contribution in [0.5, 0.6) is 5.75 Å². The van der Waals surface area contributed by atoms with Gasteiger partial charge in [0.15, 0.2) is 6.61 Å². The third-order valence-electron chi connectivity index (χ3n) is 3.85. The van der Waals surface area contributed by atoms with E-state index in [2.05, 4.69) is 5.32 Å². The molecular formula is C20H17FN2O3S. The number of thiophene rings is 1. The van der Waals surface area contributed by atoms with Crippen LogP contribution in [0.3, 0.4) is 0 Å². The second-order valence-electron chi connectivity index (χ2n) is 5.72. The predicted molar refractivity (Wildman–Crippen MR) is 101 cm³/mol. The second kappa shape index (κ2) is 8.46. The van der Waals surface area contributed by atoms with Gasteiger partial charge in [0, 0.05) is 4.88 Å². The van der Waals surface area contributed by atoms with Crippen LogP contribution < -0.4 is 15.8 Å². The van der Waals surface area contributed by atoms with Crippen LogP contribution >= 0.6 is 11.3 Å². The lowest BCUT2D eigenvalue weighted by Gasteiger charge is -2.18. The summed E-state index contributed by atoms with van der Waals surface area (Å²) < 4.78 is 18.7. The van der Waals surface area contributed by atoms with Gasteiger partial charge in [-0.15, -0.1) is 11.3 Å². The van der Waals surface area contributed by atoms with E-state index in [1.165, 1.54) is 29.5 Å². The van der Waals surface area contributed by atoms with Crippen LogP contribution in [-0.2, 0) is 4.79 Å². The van der Waals surface area contributed by atoms with Crippen LogP contribution in [-0.4, -0.2) is 18.4 Å². The SMILES string of the molecule is NC(=O)c1ccccc1OCC(=O)N[C@@H](c1ccc(F)cc1)c1cccs1. The molecule has 5 nitrogen and oxygen atoms in total. The average Bonchev–Trinajstić information content (AvgIpc) is 3.20. The number of primary amides is 1. The van der Waals surface area contributed by atoms with Crippen molar-refractivity contribution in [1.29, 1.82) is 0 Å². The van der Waals surface area contributed by atoms with E-state index in [0.29, 0.717) is 0 Å². The Morgan fingerprint density at radius 2 is 1.81 bits per heavy atom. The van der Waals surface area contributed by atoms with Crippen molar-refractivity contribution in [3.05, 3.63) is 87.9 Å². The molecule has 0 aliphatic rings. The number of benzene rings is 2. The lowest BCUT2D eigenvalue weighted by Crippen LogP contribution is -2.33. The molecule has 2 aromatic carbocycles. The van der Waals surface area contributed by atoms with Crippen molar-refractivity contribution < 1.29 is 18.7 Å². The minimum absolute atomic E-state index is 0.207. The molecule has 7 heteroatoms. The first kappa shape index (κ1) is 18.6. The monoisotopic (exact) mass is 384 g/mol. The number of ether oxygens (including phenoxy) is 1. The lowest BCUT2D eigenvalue weighted by molar-refractivity contribution is -0.123. The van der Waals surface area contributed by atoms with E-state index in [4.69, 9.17) is 10.5 Å². The largest absolute Gasteiger partial charge is 0.483 e. The highest BCUT2D eigenvalue weighted by molar-refractivity contribution is 7.10. The van der Waals surface area contributed by atoms with Crippen LogP contribution in [0, 0.1) is 5.82 Å². The maximum Gasteiger partial charge on any atom is 0.258 e. The fourth-order valence-electron chi connectivity index (χ4n) is 2.57. The van der Waals surface area contributed by atoms with E-state index >= 15 is 0 Å². The van der Waals surface area contributed by atoms with E-state index in [-0.39, 0.29) is 29.6 Å². The summed E-state index contributed by atoms with van der Waals surface area (Å²) in [5, 5.41) is 4.78. The highest BCUT2D eigenvalue weighted by Gasteiger charge is 2.19. The Morgan fingerprint density at radius 1 is 1.07 bits per heavy atom. The van der Waals surface area contributed by atoms with Crippen molar-refractivity contribution in [3.63, 3.8) is 0 Å². The van der Waals surface area contributed by atoms with Gasteiger partial charge in [-0.25, -0.2) is 4.39 Å². The van der Waals surface area contributed by atoms with E-state index in [0.717, 1.165) is 10.4 Å². The van der Waals surface area contributed by atoms with Gasteiger partial charge in [-0.1, -0.05) is 30.3 Å². The zero-order valence-electron chi connectivity index (χ0n) is 14.2. The van der Waals surface area contributed by atoms with Crippen LogP contribution in [0.1, 0.15) is 26.8 Å². The van der Waals surface area contributed by atoms with Gasteiger partial charge in [0.05, 0.1) is 11.6 Å². The average molecular weight is 384 g/mol. The number of carbonyl (C=O) groups is 2. The van der Waals surface area contributed by atoms with Crippen molar-refractivity contribution in [2.75, 3.05) is 6.61 Å². The normalized spacial score (nSPS) is 11.6. The maximum atomic E-state index is 13.2. The fourth-order valence-corrected chi connectivity index (χ4v) is 3.37. The van der Waals surface area contributed by atoms with Gasteiger partial charge < -0.3 is 15.8 Å². The van der Waals surface area contributed by atoms with Gasteiger partial charge >= 0.3 is 0 Å². The maximum absolute atomic E-state index is 13.2. The van der Waals surface area contributed by atoms with Crippen molar-refractivity contribution >= 4 is 23.2 Å². The Bertz CT molecular complexity index is 927. The lowest BCUT2D eigenvalue weighted by atomic mass is 10.1. The van der Waals surface area contributed by atoms with Gasteiger partial charge in [-0.2, -0.15) is 0 Å². The molecule has 0 bridgehead atoms. The fraction of sp³-hybridized carbons (Fsp3) is 0.100. The molecule has 3 rings (SSSR count). The van der Waals surface area contributed by atoms with Crippen LogP contribution in [0.15, 0.2) is 66.0 Å². The standard InChI is InChI=1S/C20H17FN2O3S/c21-14-9-7-13(8-10-14)19(17-6-3-11-27-17)23-18(24)12-26-16-5-2-1-4-15(16)20(22)25/h1-11,19H,12H2,(H2,22,25)(H,23,24)/t19-/m0/s1. The Morgan fingerprint density at radius 3 is 2.48 bits per heavy atom. The molecule has 1 aromatic heterocycles. The molecule has 0 fully saturated rings. The smallest absolute Gasteiger partial charge is 0.258 e. The summed E-state index contributed by atoms with van der Waals surface area (Å²) in [6, 6.07) is 15.8. The molecule has 0 saturated carbocycles. The molecule has 3 aromatic rings. The highest BCUT2D eigenvalue weighted by atomic mass is 32.1. The van der Waals surface area contributed by atoms with Gasteiger partial charge in [0.25, 0.3) is 11.8 Å². The molecule has 27 heavy (non-hydrogen) atoms. The minimum atomic E-state index is -0.631. The minimum Gasteiger partial charge on any atom is -0.483 e. The topological polar surface area (TPSA) is 81.4 Å². The number of para-hydroxylation sites is 1. The second-order valence-corrected chi connectivity index (χ2v) is 6.70. The molecule has 1 atom stereocenters. The predicted octanol–water partition coefficient (Wildman–Crippen LogP) is 3.27. The van der Waals surface area contributed by atoms with Crippen molar-refractivity contribution in [3.8, 4) is 5.75 Å². The number of hydrogen-bond acceptors (Lipinski definition) is 4. The number of hydrogen-bond donors (Lipinski definition) is 2. The molecule has 0 unspecified atom stereocenters. The molecule has 2 amide bonds. The summed E-state index contributed by atoms with van der Waals surface area (Å²) in [6.07, 6.45) is 0. The molecule has 3 N–H and O–H groups in total. The van der Waals surface area contributed by atoms with E-state index in [9.17, 15) is 14.0 Å². The first-order valence-corrected chi connectivity index (χ1v) is 9.02. The van der Waals surface area contributed by atoms with Crippen LogP contribution in [0.25, 0.3) is 0 Å². The van der Waals surface area contributed by atoms with Crippen molar-refractivity contribution in [1.82, 2.24) is 5.32 Å². The Hall–Kier alpha value is -3.19. The molecule has 1 heterocycles. The molecule has 0 aliphatic heterocycles. The number of carbonyl (C=O) groups excluding carboxylic acids is 2. The molecule has 0 saturated heterocycles. The molecule has 138 valence electrons. The quantitative estimate of drug-likeness (QED) is 0.656. The summed E-state index contributed by atoms with van der Waals surface area (Å²) in [4.78, 5) is 24.8. The Kier molecular flexibility index (Phi) is 5.83. The Balaban J connectivity index is 1.72. The van der Waals surface area contributed by atoms with Gasteiger partial charge in [0.2, 0.25) is 0 Å².